The van der Waals surface area contributed by atoms with Gasteiger partial charge in [-0.15, -0.1) is 0 Å². The fraction of sp³-hybridized carbons (Fsp3) is 0.478. The van der Waals surface area contributed by atoms with Gasteiger partial charge in [0, 0.05) is 17.2 Å². The Balaban J connectivity index is 1.85. The molecule has 144 valence electrons. The third-order valence-corrected chi connectivity index (χ3v) is 6.29. The van der Waals surface area contributed by atoms with Crippen molar-refractivity contribution in [3.05, 3.63) is 57.6 Å². The maximum atomic E-state index is 11.5. The van der Waals surface area contributed by atoms with Crippen molar-refractivity contribution >= 4 is 23.3 Å². The van der Waals surface area contributed by atoms with Crippen molar-refractivity contribution in [2.75, 3.05) is 7.11 Å². The molecule has 0 unspecified atom stereocenters. The van der Waals surface area contributed by atoms with Crippen LogP contribution in [0.5, 0.6) is 0 Å². The van der Waals surface area contributed by atoms with Gasteiger partial charge in [0.2, 0.25) is 0 Å². The lowest BCUT2D eigenvalue weighted by Crippen LogP contribution is -2.34. The number of allylic oxidation sites excluding steroid dienone is 2. The number of esters is 1. The molecule has 0 heterocycles. The fourth-order valence-electron chi connectivity index (χ4n) is 3.96. The van der Waals surface area contributed by atoms with Gasteiger partial charge in [-0.2, -0.15) is 0 Å². The SMILES string of the molecule is COC(=O)C1=CCC(=NCc2ccc3c(c2Cl)C(C)(C)CCC3(C)C)C=C1. The van der Waals surface area contributed by atoms with Gasteiger partial charge in [0.15, 0.2) is 0 Å². The molecular formula is C23H28ClNO2. The number of fused-ring (bicyclic) bond motifs is 1. The molecule has 0 fully saturated rings. The van der Waals surface area contributed by atoms with Gasteiger partial charge in [-0.25, -0.2) is 4.79 Å². The van der Waals surface area contributed by atoms with Gasteiger partial charge in [0.25, 0.3) is 0 Å². The van der Waals surface area contributed by atoms with Crippen molar-refractivity contribution in [2.45, 2.75) is 64.3 Å². The topological polar surface area (TPSA) is 38.7 Å². The molecule has 27 heavy (non-hydrogen) atoms. The Hall–Kier alpha value is -1.87. The summed E-state index contributed by atoms with van der Waals surface area (Å²) in [6.45, 7) is 9.71. The number of rotatable bonds is 3. The Morgan fingerprint density at radius 1 is 1.15 bits per heavy atom. The number of aliphatic imine (C=N–C) groups is 1. The largest absolute Gasteiger partial charge is 0.465 e. The lowest BCUT2D eigenvalue weighted by atomic mass is 9.63. The number of ether oxygens (including phenoxy) is 1. The average Bonchev–Trinajstić information content (AvgIpc) is 2.64. The molecule has 1 aromatic rings. The van der Waals surface area contributed by atoms with Crippen LogP contribution in [0.2, 0.25) is 5.02 Å². The highest BCUT2D eigenvalue weighted by molar-refractivity contribution is 6.32. The van der Waals surface area contributed by atoms with E-state index in [-0.39, 0.29) is 16.8 Å². The number of carbonyl (C=O) groups is 1. The summed E-state index contributed by atoms with van der Waals surface area (Å²) in [4.78, 5) is 16.3. The number of nitrogens with zero attached hydrogens (tertiary/aromatic N) is 1. The van der Waals surface area contributed by atoms with E-state index < -0.39 is 0 Å². The van der Waals surface area contributed by atoms with Crippen LogP contribution in [0, 0.1) is 0 Å². The molecule has 0 atom stereocenters. The second-order valence-corrected chi connectivity index (χ2v) is 9.10. The van der Waals surface area contributed by atoms with Crippen molar-refractivity contribution in [1.29, 1.82) is 0 Å². The van der Waals surface area contributed by atoms with E-state index in [9.17, 15) is 4.79 Å². The maximum Gasteiger partial charge on any atom is 0.337 e. The normalized spacial score (nSPS) is 21.6. The van der Waals surface area contributed by atoms with E-state index in [0.717, 1.165) is 22.7 Å². The minimum Gasteiger partial charge on any atom is -0.465 e. The Labute approximate surface area is 167 Å². The van der Waals surface area contributed by atoms with E-state index >= 15 is 0 Å². The van der Waals surface area contributed by atoms with Gasteiger partial charge in [-0.05, 0) is 52.5 Å². The second kappa shape index (κ2) is 7.27. The smallest absolute Gasteiger partial charge is 0.337 e. The number of halogens is 1. The van der Waals surface area contributed by atoms with E-state index in [1.165, 1.54) is 24.7 Å². The summed E-state index contributed by atoms with van der Waals surface area (Å²) in [6, 6.07) is 4.36. The van der Waals surface area contributed by atoms with Crippen molar-refractivity contribution in [2.24, 2.45) is 4.99 Å². The third kappa shape index (κ3) is 3.89. The van der Waals surface area contributed by atoms with Crippen LogP contribution >= 0.6 is 11.6 Å². The van der Waals surface area contributed by atoms with Crippen LogP contribution in [-0.4, -0.2) is 18.8 Å². The summed E-state index contributed by atoms with van der Waals surface area (Å²) in [6.07, 6.45) is 8.42. The molecule has 2 aliphatic rings. The maximum absolute atomic E-state index is 11.5. The van der Waals surface area contributed by atoms with Crippen LogP contribution in [0.4, 0.5) is 0 Å². The quantitative estimate of drug-likeness (QED) is 0.627. The summed E-state index contributed by atoms with van der Waals surface area (Å²) in [5.41, 5.74) is 5.45. The minimum atomic E-state index is -0.312. The van der Waals surface area contributed by atoms with Gasteiger partial charge >= 0.3 is 5.97 Å². The molecule has 3 nitrogen and oxygen atoms in total. The molecule has 4 heteroatoms. The molecule has 0 radical (unpaired) electrons. The minimum absolute atomic E-state index is 0.0774. The molecule has 0 N–H and O–H groups in total. The highest BCUT2D eigenvalue weighted by atomic mass is 35.5. The monoisotopic (exact) mass is 385 g/mol. The van der Waals surface area contributed by atoms with Crippen molar-refractivity contribution in [3.63, 3.8) is 0 Å². The molecule has 2 aliphatic carbocycles. The van der Waals surface area contributed by atoms with Gasteiger partial charge in [-0.3, -0.25) is 4.99 Å². The first-order chi connectivity index (χ1) is 12.7. The number of carbonyl (C=O) groups excluding carboxylic acids is 1. The zero-order valence-corrected chi connectivity index (χ0v) is 17.6. The molecule has 0 aromatic heterocycles. The molecule has 1 aromatic carbocycles. The number of methoxy groups -OCH3 is 1. The van der Waals surface area contributed by atoms with E-state index in [2.05, 4.69) is 39.8 Å². The molecule has 0 aliphatic heterocycles. The van der Waals surface area contributed by atoms with Crippen molar-refractivity contribution < 1.29 is 9.53 Å². The Morgan fingerprint density at radius 3 is 2.48 bits per heavy atom. The fourth-order valence-corrected chi connectivity index (χ4v) is 4.44. The zero-order valence-electron chi connectivity index (χ0n) is 16.9. The van der Waals surface area contributed by atoms with Crippen LogP contribution in [0.25, 0.3) is 0 Å². The standard InChI is InChI=1S/C23H28ClNO2/c1-22(2)12-13-23(3,4)19-18(22)11-8-16(20(19)24)14-25-17-9-6-15(7-10-17)21(26)27-5/h6-9,11H,10,12-14H2,1-5H3. The average molecular weight is 386 g/mol. The van der Waals surface area contributed by atoms with Crippen LogP contribution in [0.3, 0.4) is 0 Å². The van der Waals surface area contributed by atoms with Gasteiger partial charge in [-0.1, -0.05) is 57.5 Å². The summed E-state index contributed by atoms with van der Waals surface area (Å²) < 4.78 is 4.74. The second-order valence-electron chi connectivity index (χ2n) is 8.73. The number of hydrogen-bond donors (Lipinski definition) is 0. The van der Waals surface area contributed by atoms with Crippen LogP contribution in [0.1, 0.15) is 63.6 Å². The lowest BCUT2D eigenvalue weighted by molar-refractivity contribution is -0.135. The first-order valence-corrected chi connectivity index (χ1v) is 9.86. The van der Waals surface area contributed by atoms with Crippen LogP contribution < -0.4 is 0 Å². The van der Waals surface area contributed by atoms with Crippen molar-refractivity contribution in [3.8, 4) is 0 Å². The predicted octanol–water partition coefficient (Wildman–Crippen LogP) is 5.69. The van der Waals surface area contributed by atoms with Gasteiger partial charge in [0.05, 0.1) is 19.2 Å². The highest BCUT2D eigenvalue weighted by Gasteiger charge is 2.38. The van der Waals surface area contributed by atoms with Crippen LogP contribution in [0.15, 0.2) is 40.9 Å². The summed E-state index contributed by atoms with van der Waals surface area (Å²) in [5, 5.41) is 0.861. The molecule has 3 rings (SSSR count). The van der Waals surface area contributed by atoms with E-state index in [1.807, 2.05) is 12.2 Å². The van der Waals surface area contributed by atoms with Crippen LogP contribution in [-0.2, 0) is 26.9 Å². The number of hydrogen-bond acceptors (Lipinski definition) is 3. The zero-order chi connectivity index (χ0) is 19.8. The van der Waals surface area contributed by atoms with Crippen molar-refractivity contribution in [1.82, 2.24) is 0 Å². The molecule has 0 saturated heterocycles. The first-order valence-electron chi connectivity index (χ1n) is 9.48. The molecule has 0 spiro atoms. The van der Waals surface area contributed by atoms with E-state index in [0.29, 0.717) is 18.5 Å². The molecule has 0 amide bonds. The molecular weight excluding hydrogens is 358 g/mol. The Kier molecular flexibility index (Phi) is 5.36. The van der Waals surface area contributed by atoms with Gasteiger partial charge < -0.3 is 4.74 Å². The lowest BCUT2D eigenvalue weighted by Gasteiger charge is -2.42. The first kappa shape index (κ1) is 19.9. The molecule has 0 bridgehead atoms. The van der Waals surface area contributed by atoms with Gasteiger partial charge in [0.1, 0.15) is 0 Å². The summed E-state index contributed by atoms with van der Waals surface area (Å²) >= 11 is 6.88. The third-order valence-electron chi connectivity index (χ3n) is 5.86. The summed E-state index contributed by atoms with van der Waals surface area (Å²) in [5.74, 6) is -0.312. The summed E-state index contributed by atoms with van der Waals surface area (Å²) in [7, 11) is 1.39. The Morgan fingerprint density at radius 2 is 1.85 bits per heavy atom. The number of benzene rings is 1. The molecule has 0 saturated carbocycles. The highest BCUT2D eigenvalue weighted by Crippen LogP contribution is 2.49. The predicted molar refractivity (Wildman–Crippen MR) is 112 cm³/mol. The Bertz CT molecular complexity index is 859. The van der Waals surface area contributed by atoms with E-state index in [4.69, 9.17) is 21.3 Å². The van der Waals surface area contributed by atoms with E-state index in [1.54, 1.807) is 6.08 Å².